The van der Waals surface area contributed by atoms with Gasteiger partial charge in [-0.1, -0.05) is 0 Å². The van der Waals surface area contributed by atoms with Crippen molar-refractivity contribution in [3.05, 3.63) is 23.9 Å². The minimum absolute atomic E-state index is 0.0466. The molecular formula is C18H20F5N7O. The highest BCUT2D eigenvalue weighted by Gasteiger charge is 2.38. The number of hydrogen-bond donors (Lipinski definition) is 1. The number of amides is 1. The zero-order valence-electron chi connectivity index (χ0n) is 16.3. The van der Waals surface area contributed by atoms with Crippen LogP contribution in [-0.2, 0) is 11.3 Å². The average molecular weight is 445 g/mol. The number of anilines is 1. The lowest BCUT2D eigenvalue weighted by Crippen LogP contribution is -2.53. The van der Waals surface area contributed by atoms with Crippen molar-refractivity contribution in [3.63, 3.8) is 0 Å². The number of nitrogens with zero attached hydrogens (tertiary/aromatic N) is 6. The fourth-order valence-electron chi connectivity index (χ4n) is 3.56. The van der Waals surface area contributed by atoms with Crippen LogP contribution in [-0.4, -0.2) is 75.7 Å². The van der Waals surface area contributed by atoms with Gasteiger partial charge >= 0.3 is 0 Å². The Bertz CT molecular complexity index is 947. The minimum Gasteiger partial charge on any atom is -0.339 e. The highest BCUT2D eigenvalue weighted by atomic mass is 19.3. The third kappa shape index (κ3) is 4.31. The van der Waals surface area contributed by atoms with Gasteiger partial charge in [0.1, 0.15) is 17.9 Å². The Balaban J connectivity index is 1.60. The summed E-state index contributed by atoms with van der Waals surface area (Å²) in [5.41, 5.74) is -1.59. The Morgan fingerprint density at radius 2 is 1.90 bits per heavy atom. The number of rotatable bonds is 6. The van der Waals surface area contributed by atoms with Crippen LogP contribution in [0.15, 0.2) is 12.4 Å². The van der Waals surface area contributed by atoms with E-state index < -0.39 is 36.1 Å². The summed E-state index contributed by atoms with van der Waals surface area (Å²) < 4.78 is 68.8. The zero-order valence-corrected chi connectivity index (χ0v) is 16.3. The molecule has 2 fully saturated rings. The molecule has 4 heterocycles. The van der Waals surface area contributed by atoms with Crippen molar-refractivity contribution in [1.82, 2.24) is 30.0 Å². The number of nitrogens with one attached hydrogen (secondary N) is 1. The monoisotopic (exact) mass is 445 g/mol. The van der Waals surface area contributed by atoms with Crippen LogP contribution in [0.5, 0.6) is 0 Å². The lowest BCUT2D eigenvalue weighted by Gasteiger charge is -2.40. The maximum atomic E-state index is 14.7. The molecule has 1 atom stereocenters. The first-order valence-corrected chi connectivity index (χ1v) is 9.77. The third-order valence-corrected chi connectivity index (χ3v) is 5.36. The number of carbonyl (C=O) groups excluding carboxylic acids is 1. The van der Waals surface area contributed by atoms with E-state index in [0.717, 1.165) is 4.90 Å². The quantitative estimate of drug-likeness (QED) is 0.682. The number of halogens is 5. The van der Waals surface area contributed by atoms with Gasteiger partial charge in [-0.2, -0.15) is 5.10 Å². The number of hydrogen-bond acceptors (Lipinski definition) is 6. The van der Waals surface area contributed by atoms with E-state index in [0.29, 0.717) is 26.2 Å². The van der Waals surface area contributed by atoms with Gasteiger partial charge in [0.25, 0.3) is 12.9 Å². The van der Waals surface area contributed by atoms with Gasteiger partial charge in [0.05, 0.1) is 12.2 Å². The van der Waals surface area contributed by atoms with Crippen molar-refractivity contribution >= 4 is 11.9 Å². The van der Waals surface area contributed by atoms with E-state index in [9.17, 15) is 26.7 Å². The molecule has 2 aromatic rings. The van der Waals surface area contributed by atoms with Gasteiger partial charge in [-0.05, 0) is 6.42 Å². The lowest BCUT2D eigenvalue weighted by atomic mass is 10.0. The van der Waals surface area contributed by atoms with Crippen LogP contribution in [0.1, 0.15) is 18.5 Å². The fraction of sp³-hybridized carbons (Fsp3) is 0.556. The molecule has 1 N–H and O–H groups in total. The predicted octanol–water partition coefficient (Wildman–Crippen LogP) is 1.69. The average Bonchev–Trinajstić information content (AvgIpc) is 3.16. The molecule has 2 aliphatic heterocycles. The summed E-state index contributed by atoms with van der Waals surface area (Å²) in [5, 5.41) is 7.13. The Morgan fingerprint density at radius 1 is 1.16 bits per heavy atom. The van der Waals surface area contributed by atoms with Crippen molar-refractivity contribution < 1.29 is 26.7 Å². The van der Waals surface area contributed by atoms with E-state index in [1.165, 1.54) is 17.1 Å². The summed E-state index contributed by atoms with van der Waals surface area (Å²) in [7, 11) is 0. The van der Waals surface area contributed by atoms with Gasteiger partial charge < -0.3 is 15.1 Å². The highest BCUT2D eigenvalue weighted by molar-refractivity contribution is 5.76. The van der Waals surface area contributed by atoms with Crippen LogP contribution in [0.2, 0.25) is 0 Å². The number of aromatic nitrogens is 4. The zero-order chi connectivity index (χ0) is 22.1. The summed E-state index contributed by atoms with van der Waals surface area (Å²) >= 11 is 0. The van der Waals surface area contributed by atoms with Gasteiger partial charge in [-0.25, -0.2) is 31.9 Å². The molecule has 2 aromatic heterocycles. The second-order valence-electron chi connectivity index (χ2n) is 7.31. The van der Waals surface area contributed by atoms with E-state index in [4.69, 9.17) is 0 Å². The van der Waals surface area contributed by atoms with E-state index in [2.05, 4.69) is 20.4 Å². The van der Waals surface area contributed by atoms with Crippen molar-refractivity contribution in [1.29, 1.82) is 0 Å². The molecule has 4 rings (SSSR count). The summed E-state index contributed by atoms with van der Waals surface area (Å²) in [5.74, 6) is -1.91. The Morgan fingerprint density at radius 3 is 2.52 bits per heavy atom. The first kappa shape index (κ1) is 21.4. The van der Waals surface area contributed by atoms with Gasteiger partial charge in [-0.15, -0.1) is 0 Å². The second kappa shape index (κ2) is 8.73. The summed E-state index contributed by atoms with van der Waals surface area (Å²) in [6.07, 6.45) is -3.30. The molecule has 0 unspecified atom stereocenters. The predicted molar refractivity (Wildman–Crippen MR) is 99.4 cm³/mol. The molecule has 2 saturated heterocycles. The topological polar surface area (TPSA) is 79.2 Å². The Hall–Kier alpha value is -2.83. The van der Waals surface area contributed by atoms with E-state index in [1.54, 1.807) is 4.90 Å². The van der Waals surface area contributed by atoms with Gasteiger partial charge in [0.2, 0.25) is 11.9 Å². The minimum atomic E-state index is -3.25. The van der Waals surface area contributed by atoms with E-state index >= 15 is 0 Å². The van der Waals surface area contributed by atoms with Crippen LogP contribution in [0.4, 0.5) is 27.9 Å². The molecule has 168 valence electrons. The van der Waals surface area contributed by atoms with Crippen LogP contribution < -0.4 is 10.2 Å². The first-order chi connectivity index (χ1) is 14.8. The number of piperazine rings is 1. The standard InChI is InChI=1S/C18H20F5N7O/c19-13-14(10-7-25-29(8-10)9-12(31)28-5-2-24-3-6-28)26-18(27-15(13)17(22)23)30-4-1-11(30)16(20)21/h7-8,11,16-17,24H,1-6,9H2/t11-/m1/s1. The maximum Gasteiger partial charge on any atom is 0.283 e. The Labute approximate surface area is 174 Å². The number of alkyl halides is 4. The summed E-state index contributed by atoms with van der Waals surface area (Å²) in [4.78, 5) is 22.5. The fourth-order valence-corrected chi connectivity index (χ4v) is 3.56. The van der Waals surface area contributed by atoms with Gasteiger partial charge in [-0.3, -0.25) is 9.48 Å². The van der Waals surface area contributed by atoms with Crippen molar-refractivity contribution in [2.24, 2.45) is 0 Å². The highest BCUT2D eigenvalue weighted by Crippen LogP contribution is 2.33. The van der Waals surface area contributed by atoms with Gasteiger partial charge in [0, 0.05) is 44.5 Å². The third-order valence-electron chi connectivity index (χ3n) is 5.36. The molecule has 0 bridgehead atoms. The number of carbonyl (C=O) groups is 1. The summed E-state index contributed by atoms with van der Waals surface area (Å²) in [6, 6.07) is -1.21. The first-order valence-electron chi connectivity index (χ1n) is 9.77. The molecule has 1 amide bonds. The molecule has 8 nitrogen and oxygen atoms in total. The Kier molecular flexibility index (Phi) is 6.03. The van der Waals surface area contributed by atoms with Crippen molar-refractivity contribution in [3.8, 4) is 11.3 Å². The molecular weight excluding hydrogens is 425 g/mol. The molecule has 0 radical (unpaired) electrons. The largest absolute Gasteiger partial charge is 0.339 e. The molecule has 0 aliphatic carbocycles. The molecule has 0 aromatic carbocycles. The molecule has 13 heteroatoms. The maximum absolute atomic E-state index is 14.7. The van der Waals surface area contributed by atoms with E-state index in [1.807, 2.05) is 0 Å². The smallest absolute Gasteiger partial charge is 0.283 e. The van der Waals surface area contributed by atoms with Gasteiger partial charge in [0.15, 0.2) is 5.82 Å². The van der Waals surface area contributed by atoms with Crippen molar-refractivity contribution in [2.75, 3.05) is 37.6 Å². The molecule has 0 spiro atoms. The van der Waals surface area contributed by atoms with Crippen LogP contribution in [0.3, 0.4) is 0 Å². The molecule has 2 aliphatic rings. The molecule has 0 saturated carbocycles. The summed E-state index contributed by atoms with van der Waals surface area (Å²) in [6.45, 7) is 2.50. The van der Waals surface area contributed by atoms with Crippen LogP contribution >= 0.6 is 0 Å². The van der Waals surface area contributed by atoms with Crippen molar-refractivity contribution in [2.45, 2.75) is 31.9 Å². The van der Waals surface area contributed by atoms with Crippen LogP contribution in [0, 0.1) is 5.82 Å². The SMILES string of the molecule is O=C(Cn1cc(-c2nc(N3CC[C@@H]3C(F)F)nc(C(F)F)c2F)cn1)N1CCNCC1. The van der Waals surface area contributed by atoms with E-state index in [-0.39, 0.29) is 36.9 Å². The molecule has 31 heavy (non-hydrogen) atoms. The lowest BCUT2D eigenvalue weighted by molar-refractivity contribution is -0.132. The second-order valence-corrected chi connectivity index (χ2v) is 7.31. The van der Waals surface area contributed by atoms with Crippen LogP contribution in [0.25, 0.3) is 11.3 Å². The normalized spacial score (nSPS) is 19.3.